The molecule has 0 saturated heterocycles. The summed E-state index contributed by atoms with van der Waals surface area (Å²) in [6.45, 7) is 3.88. The maximum atomic E-state index is 9.87. The number of Topliss-reactive ketones (excluding diaryl/α,β-unsaturated/α-hetero) is 2. The number of hydrogen-bond donors (Lipinski definition) is 4. The highest BCUT2D eigenvalue weighted by Gasteiger charge is 1.98. The van der Waals surface area contributed by atoms with Crippen LogP contribution in [-0.4, -0.2) is 56.6 Å². The third kappa shape index (κ3) is 48.6. The Kier molecular flexibility index (Phi) is 16.8. The fourth-order valence-electron chi connectivity index (χ4n) is 0.426. The first-order valence-electron chi connectivity index (χ1n) is 5.24. The first-order chi connectivity index (χ1) is 8.52. The van der Waals surface area contributed by atoms with E-state index in [1.54, 1.807) is 0 Å². The lowest BCUT2D eigenvalue weighted by Crippen LogP contribution is -2.03. The Balaban J connectivity index is -0.000000206. The van der Waals surface area contributed by atoms with Crippen molar-refractivity contribution in [3.05, 3.63) is 0 Å². The number of carbonyl (C=O) groups excluding carboxylic acids is 2. The molecule has 0 aliphatic carbocycles. The number of ketones is 2. The zero-order chi connectivity index (χ0) is 16.0. The van der Waals surface area contributed by atoms with E-state index in [4.69, 9.17) is 20.4 Å². The van der Waals surface area contributed by atoms with E-state index >= 15 is 0 Å². The summed E-state index contributed by atoms with van der Waals surface area (Å²) in [6.07, 6.45) is -1.28. The predicted molar refractivity (Wildman–Crippen MR) is 64.6 cm³/mol. The van der Waals surface area contributed by atoms with Gasteiger partial charge in [0.1, 0.15) is 24.4 Å². The number of aliphatic hydroxyl groups excluding tert-OH is 2. The largest absolute Gasteiger partial charge is 0.481 e. The number of carboxylic acids is 2. The Labute approximate surface area is 110 Å². The molecule has 1 atom stereocenters. The van der Waals surface area contributed by atoms with E-state index in [0.29, 0.717) is 0 Å². The molecule has 112 valence electrons. The summed E-state index contributed by atoms with van der Waals surface area (Å²) in [4.78, 5) is 38.9. The maximum Gasteiger partial charge on any atom is 0.310 e. The van der Waals surface area contributed by atoms with E-state index in [2.05, 4.69) is 0 Å². The number of carboxylic acid groups (broad SMARTS) is 2. The summed E-state index contributed by atoms with van der Waals surface area (Å²) in [5.41, 5.74) is 0. The Morgan fingerprint density at radius 1 is 0.895 bits per heavy atom. The lowest BCUT2D eigenvalue weighted by molar-refractivity contribution is -0.141. The smallest absolute Gasteiger partial charge is 0.310 e. The quantitative estimate of drug-likeness (QED) is 0.490. The van der Waals surface area contributed by atoms with Crippen LogP contribution in [0.2, 0.25) is 0 Å². The van der Waals surface area contributed by atoms with Crippen LogP contribution in [0, 0.1) is 0 Å². The molecule has 1 unspecified atom stereocenters. The Morgan fingerprint density at radius 3 is 1.11 bits per heavy atom. The summed E-state index contributed by atoms with van der Waals surface area (Å²) in [5.74, 6) is -2.75. The average Bonchev–Trinajstić information content (AvgIpc) is 2.14. The van der Waals surface area contributed by atoms with E-state index in [1.165, 1.54) is 20.8 Å². The minimum atomic E-state index is -1.06. The predicted octanol–water partition coefficient (Wildman–Crippen LogP) is -0.540. The standard InChI is InChI=1S/2C4H6O3.C3H8O2/c2*1-3(5)2-4(6)7;1-3(5)2-4/h2*2H2,1H3,(H,6,7);3-5H,2H2,1H3. The van der Waals surface area contributed by atoms with Gasteiger partial charge in [-0.1, -0.05) is 0 Å². The lowest BCUT2D eigenvalue weighted by atomic mass is 10.3. The van der Waals surface area contributed by atoms with Crippen molar-refractivity contribution in [2.24, 2.45) is 0 Å². The van der Waals surface area contributed by atoms with Gasteiger partial charge in [0.25, 0.3) is 0 Å². The second-order valence-electron chi connectivity index (χ2n) is 3.58. The second kappa shape index (κ2) is 14.3. The molecular formula is C11H20O8. The van der Waals surface area contributed by atoms with Crippen LogP contribution in [0.3, 0.4) is 0 Å². The third-order valence-electron chi connectivity index (χ3n) is 1.06. The van der Waals surface area contributed by atoms with Gasteiger partial charge in [-0.2, -0.15) is 0 Å². The molecule has 0 rings (SSSR count). The summed E-state index contributed by atoms with van der Waals surface area (Å²) in [6, 6.07) is 0. The molecule has 0 heterocycles. The Morgan fingerprint density at radius 2 is 1.11 bits per heavy atom. The summed E-state index contributed by atoms with van der Waals surface area (Å²) in [5, 5.41) is 31.7. The molecule has 8 nitrogen and oxygen atoms in total. The van der Waals surface area contributed by atoms with Gasteiger partial charge in [-0.25, -0.2) is 0 Å². The Hall–Kier alpha value is -1.80. The van der Waals surface area contributed by atoms with Crippen LogP contribution in [0.5, 0.6) is 0 Å². The van der Waals surface area contributed by atoms with Crippen molar-refractivity contribution in [3.8, 4) is 0 Å². The maximum absolute atomic E-state index is 9.87. The highest BCUT2D eigenvalue weighted by atomic mass is 16.4. The molecule has 0 saturated carbocycles. The van der Waals surface area contributed by atoms with Crippen molar-refractivity contribution in [2.45, 2.75) is 39.7 Å². The van der Waals surface area contributed by atoms with E-state index < -0.39 is 18.0 Å². The van der Waals surface area contributed by atoms with Gasteiger partial charge < -0.3 is 20.4 Å². The number of aliphatic hydroxyl groups is 2. The van der Waals surface area contributed by atoms with Crippen molar-refractivity contribution < 1.29 is 39.6 Å². The zero-order valence-electron chi connectivity index (χ0n) is 11.1. The fraction of sp³-hybridized carbons (Fsp3) is 0.636. The van der Waals surface area contributed by atoms with Gasteiger partial charge in [-0.3, -0.25) is 19.2 Å². The van der Waals surface area contributed by atoms with E-state index in [-0.39, 0.29) is 31.0 Å². The molecule has 0 fully saturated rings. The van der Waals surface area contributed by atoms with Crippen LogP contribution >= 0.6 is 0 Å². The summed E-state index contributed by atoms with van der Waals surface area (Å²) < 4.78 is 0. The van der Waals surface area contributed by atoms with Gasteiger partial charge >= 0.3 is 11.9 Å². The van der Waals surface area contributed by atoms with Gasteiger partial charge in [0.15, 0.2) is 0 Å². The van der Waals surface area contributed by atoms with Crippen molar-refractivity contribution in [3.63, 3.8) is 0 Å². The molecule has 19 heavy (non-hydrogen) atoms. The molecule has 8 heteroatoms. The van der Waals surface area contributed by atoms with Crippen LogP contribution in [0.25, 0.3) is 0 Å². The number of carbonyl (C=O) groups is 4. The van der Waals surface area contributed by atoms with Gasteiger partial charge in [-0.05, 0) is 20.8 Å². The fourth-order valence-corrected chi connectivity index (χ4v) is 0.426. The molecule has 0 spiro atoms. The van der Waals surface area contributed by atoms with Crippen LogP contribution < -0.4 is 0 Å². The highest BCUT2D eigenvalue weighted by molar-refractivity contribution is 5.93. The van der Waals surface area contributed by atoms with Crippen molar-refractivity contribution in [1.29, 1.82) is 0 Å². The number of aliphatic carboxylic acids is 2. The monoisotopic (exact) mass is 280 g/mol. The average molecular weight is 280 g/mol. The molecule has 0 amide bonds. The van der Waals surface area contributed by atoms with Crippen LogP contribution in [0.4, 0.5) is 0 Å². The molecule has 0 aliphatic rings. The summed E-state index contributed by atoms with van der Waals surface area (Å²) >= 11 is 0. The molecule has 0 radical (unpaired) electrons. The van der Waals surface area contributed by atoms with Crippen molar-refractivity contribution >= 4 is 23.5 Å². The minimum absolute atomic E-state index is 0.139. The first kappa shape index (κ1) is 22.4. The number of hydrogen-bond acceptors (Lipinski definition) is 6. The minimum Gasteiger partial charge on any atom is -0.481 e. The molecule has 0 aromatic rings. The second-order valence-corrected chi connectivity index (χ2v) is 3.58. The molecular weight excluding hydrogens is 260 g/mol. The Bertz CT molecular complexity index is 245. The molecule has 4 N–H and O–H groups in total. The third-order valence-corrected chi connectivity index (χ3v) is 1.06. The van der Waals surface area contributed by atoms with E-state index in [9.17, 15) is 19.2 Å². The van der Waals surface area contributed by atoms with Crippen LogP contribution in [0.1, 0.15) is 33.6 Å². The SMILES string of the molecule is CC(=O)CC(=O)O.CC(=O)CC(=O)O.CC(O)CO. The topological polar surface area (TPSA) is 149 Å². The zero-order valence-corrected chi connectivity index (χ0v) is 11.1. The molecule has 0 aromatic heterocycles. The van der Waals surface area contributed by atoms with Crippen LogP contribution in [0.15, 0.2) is 0 Å². The molecule has 0 aliphatic heterocycles. The van der Waals surface area contributed by atoms with Gasteiger partial charge in [0, 0.05) is 0 Å². The number of rotatable bonds is 5. The molecule has 0 bridgehead atoms. The molecule has 0 aromatic carbocycles. The first-order valence-corrected chi connectivity index (χ1v) is 5.24. The van der Waals surface area contributed by atoms with Gasteiger partial charge in [0.2, 0.25) is 0 Å². The van der Waals surface area contributed by atoms with E-state index in [1.807, 2.05) is 0 Å². The van der Waals surface area contributed by atoms with Gasteiger partial charge in [0.05, 0.1) is 12.7 Å². The lowest BCUT2D eigenvalue weighted by Gasteiger charge is -1.90. The van der Waals surface area contributed by atoms with Gasteiger partial charge in [-0.15, -0.1) is 0 Å². The summed E-state index contributed by atoms with van der Waals surface area (Å²) in [7, 11) is 0. The highest BCUT2D eigenvalue weighted by Crippen LogP contribution is 1.78. The van der Waals surface area contributed by atoms with Crippen LogP contribution in [-0.2, 0) is 19.2 Å². The van der Waals surface area contributed by atoms with E-state index in [0.717, 1.165) is 0 Å². The normalized spacial score (nSPS) is 9.95. The van der Waals surface area contributed by atoms with Crippen molar-refractivity contribution in [1.82, 2.24) is 0 Å². The van der Waals surface area contributed by atoms with Crippen molar-refractivity contribution in [2.75, 3.05) is 6.61 Å².